The van der Waals surface area contributed by atoms with Gasteiger partial charge in [-0.3, -0.25) is 0 Å². The van der Waals surface area contributed by atoms with Gasteiger partial charge >= 0.3 is 0 Å². The SMILES string of the molecule is C1=c2ccccc2=NC12COc1c(ccc3ccccc13)N2. The highest BCUT2D eigenvalue weighted by Crippen LogP contribution is 2.39. The third kappa shape index (κ3) is 1.59. The Morgan fingerprint density at radius 1 is 0.955 bits per heavy atom. The molecule has 1 spiro atoms. The predicted octanol–water partition coefficient (Wildman–Crippen LogP) is 2.45. The quantitative estimate of drug-likeness (QED) is 0.689. The first-order chi connectivity index (χ1) is 10.8. The minimum Gasteiger partial charge on any atom is -0.486 e. The number of anilines is 1. The number of hydrogen-bond acceptors (Lipinski definition) is 3. The molecule has 1 N–H and O–H groups in total. The summed E-state index contributed by atoms with van der Waals surface area (Å²) in [5.41, 5.74) is 0.511. The molecule has 0 aromatic heterocycles. The average Bonchev–Trinajstić information content (AvgIpc) is 2.91. The monoisotopic (exact) mass is 286 g/mol. The number of nitrogens with one attached hydrogen (secondary N) is 1. The maximum absolute atomic E-state index is 6.12. The molecule has 3 heteroatoms. The first-order valence-corrected chi connectivity index (χ1v) is 7.44. The second-order valence-corrected chi connectivity index (χ2v) is 5.82. The van der Waals surface area contributed by atoms with Crippen molar-refractivity contribution in [3.63, 3.8) is 0 Å². The average molecular weight is 286 g/mol. The Labute approximate surface area is 127 Å². The highest BCUT2D eigenvalue weighted by Gasteiger charge is 2.35. The fourth-order valence-electron chi connectivity index (χ4n) is 3.30. The highest BCUT2D eigenvalue weighted by molar-refractivity contribution is 5.94. The Morgan fingerprint density at radius 3 is 2.77 bits per heavy atom. The highest BCUT2D eigenvalue weighted by atomic mass is 16.5. The van der Waals surface area contributed by atoms with Crippen LogP contribution in [0.2, 0.25) is 0 Å². The smallest absolute Gasteiger partial charge is 0.184 e. The second-order valence-electron chi connectivity index (χ2n) is 5.82. The van der Waals surface area contributed by atoms with E-state index in [1.807, 2.05) is 30.3 Å². The number of nitrogens with zero attached hydrogens (tertiary/aromatic N) is 1. The number of para-hydroxylation sites is 1. The van der Waals surface area contributed by atoms with E-state index in [0.29, 0.717) is 6.61 Å². The van der Waals surface area contributed by atoms with Crippen LogP contribution in [0.3, 0.4) is 0 Å². The van der Waals surface area contributed by atoms with Crippen LogP contribution in [0.25, 0.3) is 16.8 Å². The summed E-state index contributed by atoms with van der Waals surface area (Å²) in [6, 6.07) is 20.7. The Kier molecular flexibility index (Phi) is 2.20. The Hall–Kier alpha value is -2.81. The lowest BCUT2D eigenvalue weighted by atomic mass is 10.0. The number of ether oxygens (including phenoxy) is 1. The Morgan fingerprint density at radius 2 is 1.82 bits per heavy atom. The maximum atomic E-state index is 6.12. The maximum Gasteiger partial charge on any atom is 0.184 e. The van der Waals surface area contributed by atoms with Crippen LogP contribution < -0.4 is 20.6 Å². The summed E-state index contributed by atoms with van der Waals surface area (Å²) < 4.78 is 6.12. The number of fused-ring (bicyclic) bond motifs is 4. The zero-order valence-electron chi connectivity index (χ0n) is 11.9. The van der Waals surface area contributed by atoms with Crippen molar-refractivity contribution in [1.82, 2.24) is 0 Å². The van der Waals surface area contributed by atoms with E-state index in [1.54, 1.807) is 0 Å². The van der Waals surface area contributed by atoms with Gasteiger partial charge in [0.05, 0.1) is 11.0 Å². The molecule has 1 atom stereocenters. The van der Waals surface area contributed by atoms with Crippen molar-refractivity contribution in [3.05, 3.63) is 71.2 Å². The molecular weight excluding hydrogens is 272 g/mol. The molecule has 0 saturated carbocycles. The second kappa shape index (κ2) is 4.10. The van der Waals surface area contributed by atoms with Crippen LogP contribution in [0.4, 0.5) is 5.69 Å². The zero-order valence-corrected chi connectivity index (χ0v) is 11.9. The fraction of sp³-hybridized carbons (Fsp3) is 0.105. The van der Waals surface area contributed by atoms with Crippen LogP contribution >= 0.6 is 0 Å². The van der Waals surface area contributed by atoms with E-state index >= 15 is 0 Å². The van der Waals surface area contributed by atoms with Gasteiger partial charge in [-0.15, -0.1) is 0 Å². The molecule has 0 bridgehead atoms. The van der Waals surface area contributed by atoms with Crippen molar-refractivity contribution in [3.8, 4) is 5.75 Å². The van der Waals surface area contributed by atoms with Gasteiger partial charge in [0, 0.05) is 10.6 Å². The summed E-state index contributed by atoms with van der Waals surface area (Å²) in [4.78, 5) is 4.83. The molecule has 22 heavy (non-hydrogen) atoms. The van der Waals surface area contributed by atoms with Crippen molar-refractivity contribution in [1.29, 1.82) is 0 Å². The summed E-state index contributed by atoms with van der Waals surface area (Å²) >= 11 is 0. The molecule has 2 aliphatic heterocycles. The first-order valence-electron chi connectivity index (χ1n) is 7.44. The zero-order chi connectivity index (χ0) is 14.6. The molecule has 3 aromatic rings. The minimum absolute atomic E-state index is 0.487. The van der Waals surface area contributed by atoms with E-state index in [4.69, 9.17) is 9.73 Å². The molecule has 5 rings (SSSR count). The van der Waals surface area contributed by atoms with Crippen molar-refractivity contribution >= 4 is 22.5 Å². The number of benzene rings is 3. The minimum atomic E-state index is -0.487. The van der Waals surface area contributed by atoms with Gasteiger partial charge < -0.3 is 10.1 Å². The van der Waals surface area contributed by atoms with Crippen LogP contribution in [0.1, 0.15) is 0 Å². The van der Waals surface area contributed by atoms with Crippen LogP contribution in [0, 0.1) is 0 Å². The van der Waals surface area contributed by atoms with Gasteiger partial charge in [-0.05, 0) is 23.6 Å². The van der Waals surface area contributed by atoms with Gasteiger partial charge in [-0.1, -0.05) is 48.5 Å². The van der Waals surface area contributed by atoms with E-state index < -0.39 is 5.66 Å². The summed E-state index contributed by atoms with van der Waals surface area (Å²) in [6.45, 7) is 0.503. The van der Waals surface area contributed by atoms with E-state index in [1.165, 1.54) is 5.39 Å². The largest absolute Gasteiger partial charge is 0.486 e. The Bertz CT molecular complexity index is 988. The molecule has 106 valence electrons. The third-order valence-corrected chi connectivity index (χ3v) is 4.32. The molecule has 2 heterocycles. The Balaban J connectivity index is 1.67. The van der Waals surface area contributed by atoms with Gasteiger partial charge in [-0.25, -0.2) is 4.99 Å². The summed E-state index contributed by atoms with van der Waals surface area (Å²) in [5.74, 6) is 0.920. The fourth-order valence-corrected chi connectivity index (χ4v) is 3.30. The van der Waals surface area contributed by atoms with Crippen LogP contribution in [0.5, 0.6) is 5.75 Å². The molecule has 0 radical (unpaired) electrons. The van der Waals surface area contributed by atoms with Crippen LogP contribution in [-0.4, -0.2) is 12.3 Å². The predicted molar refractivity (Wildman–Crippen MR) is 87.5 cm³/mol. The summed E-state index contributed by atoms with van der Waals surface area (Å²) in [6.07, 6.45) is 2.15. The van der Waals surface area contributed by atoms with E-state index in [9.17, 15) is 0 Å². The van der Waals surface area contributed by atoms with Crippen molar-refractivity contribution in [2.75, 3.05) is 11.9 Å². The van der Waals surface area contributed by atoms with Gasteiger partial charge in [0.2, 0.25) is 0 Å². The third-order valence-electron chi connectivity index (χ3n) is 4.32. The van der Waals surface area contributed by atoms with Gasteiger partial charge in [0.15, 0.2) is 11.4 Å². The van der Waals surface area contributed by atoms with Crippen LogP contribution in [-0.2, 0) is 0 Å². The molecule has 0 fully saturated rings. The number of hydrogen-bond donors (Lipinski definition) is 1. The molecule has 1 unspecified atom stereocenters. The van der Waals surface area contributed by atoms with Crippen molar-refractivity contribution < 1.29 is 4.74 Å². The lowest BCUT2D eigenvalue weighted by molar-refractivity contribution is 0.263. The topological polar surface area (TPSA) is 33.6 Å². The normalized spacial score (nSPS) is 21.3. The first kappa shape index (κ1) is 11.8. The van der Waals surface area contributed by atoms with E-state index in [2.05, 4.69) is 41.7 Å². The summed E-state index contributed by atoms with van der Waals surface area (Å²) in [7, 11) is 0. The lowest BCUT2D eigenvalue weighted by Crippen LogP contribution is -2.42. The molecule has 0 saturated heterocycles. The lowest BCUT2D eigenvalue weighted by Gasteiger charge is -2.33. The molecule has 0 aliphatic carbocycles. The van der Waals surface area contributed by atoms with Crippen molar-refractivity contribution in [2.24, 2.45) is 4.99 Å². The number of rotatable bonds is 0. The van der Waals surface area contributed by atoms with Crippen molar-refractivity contribution in [2.45, 2.75) is 5.66 Å². The van der Waals surface area contributed by atoms with E-state index in [0.717, 1.165) is 27.4 Å². The van der Waals surface area contributed by atoms with Gasteiger partial charge in [0.25, 0.3) is 0 Å². The summed E-state index contributed by atoms with van der Waals surface area (Å²) in [5, 5.41) is 8.06. The van der Waals surface area contributed by atoms with Gasteiger partial charge in [-0.2, -0.15) is 0 Å². The molecule has 3 aromatic carbocycles. The molecule has 2 aliphatic rings. The molecule has 0 amide bonds. The van der Waals surface area contributed by atoms with Crippen LogP contribution in [0.15, 0.2) is 65.7 Å². The standard InChI is InChI=1S/C19H14N2O/c1-3-7-15-13(5-1)9-10-17-18(15)22-12-19(21-17)11-14-6-2-4-8-16(14)20-19/h1-11,21H,12H2. The van der Waals surface area contributed by atoms with Gasteiger partial charge in [0.1, 0.15) is 6.61 Å². The van der Waals surface area contributed by atoms with E-state index in [-0.39, 0.29) is 0 Å². The molecule has 3 nitrogen and oxygen atoms in total. The molecular formula is C19H14N2O.